The van der Waals surface area contributed by atoms with Crippen molar-refractivity contribution in [3.8, 4) is 0 Å². The van der Waals surface area contributed by atoms with Crippen LogP contribution in [0.2, 0.25) is 0 Å². The summed E-state index contributed by atoms with van der Waals surface area (Å²) in [6, 6.07) is 0.464. The zero-order valence-electron chi connectivity index (χ0n) is 9.83. The SMILES string of the molecule is CC[C@H](C)n1cc(I)c(COC(C)C)n1. The molecular formula is C11H19IN2O. The number of rotatable bonds is 5. The number of ether oxygens (including phenoxy) is 1. The number of halogens is 1. The van der Waals surface area contributed by atoms with Crippen molar-refractivity contribution in [2.45, 2.75) is 52.9 Å². The van der Waals surface area contributed by atoms with Crippen LogP contribution in [-0.2, 0) is 11.3 Å². The van der Waals surface area contributed by atoms with Crippen LogP contribution in [0.5, 0.6) is 0 Å². The third kappa shape index (κ3) is 3.75. The molecule has 0 saturated carbocycles. The second-order valence-corrected chi connectivity index (χ2v) is 5.18. The average molecular weight is 322 g/mol. The normalized spacial score (nSPS) is 13.5. The summed E-state index contributed by atoms with van der Waals surface area (Å²) in [4.78, 5) is 0. The number of nitrogens with zero attached hydrogens (tertiary/aromatic N) is 2. The van der Waals surface area contributed by atoms with Gasteiger partial charge in [0.25, 0.3) is 0 Å². The molecule has 1 aromatic heterocycles. The van der Waals surface area contributed by atoms with E-state index in [1.165, 1.54) is 3.57 Å². The molecule has 1 heterocycles. The van der Waals surface area contributed by atoms with E-state index in [9.17, 15) is 0 Å². The number of hydrogen-bond donors (Lipinski definition) is 0. The predicted molar refractivity (Wildman–Crippen MR) is 69.9 cm³/mol. The van der Waals surface area contributed by atoms with Gasteiger partial charge in [-0.25, -0.2) is 0 Å². The highest BCUT2D eigenvalue weighted by Crippen LogP contribution is 2.16. The minimum atomic E-state index is 0.259. The van der Waals surface area contributed by atoms with E-state index in [-0.39, 0.29) is 6.10 Å². The van der Waals surface area contributed by atoms with Gasteiger partial charge in [-0.2, -0.15) is 5.10 Å². The Kier molecular flexibility index (Phi) is 5.05. The highest BCUT2D eigenvalue weighted by molar-refractivity contribution is 14.1. The summed E-state index contributed by atoms with van der Waals surface area (Å²) >= 11 is 2.31. The lowest BCUT2D eigenvalue weighted by Gasteiger charge is -2.08. The van der Waals surface area contributed by atoms with Gasteiger partial charge >= 0.3 is 0 Å². The van der Waals surface area contributed by atoms with Crippen LogP contribution in [0, 0.1) is 3.57 Å². The first-order valence-electron chi connectivity index (χ1n) is 5.39. The largest absolute Gasteiger partial charge is 0.372 e. The van der Waals surface area contributed by atoms with Crippen molar-refractivity contribution >= 4 is 22.6 Å². The van der Waals surface area contributed by atoms with Crippen molar-refractivity contribution in [2.75, 3.05) is 0 Å². The lowest BCUT2D eigenvalue weighted by Crippen LogP contribution is -2.07. The summed E-state index contributed by atoms with van der Waals surface area (Å²) in [6.45, 7) is 9.04. The minimum absolute atomic E-state index is 0.259. The minimum Gasteiger partial charge on any atom is -0.372 e. The molecule has 0 N–H and O–H groups in total. The molecular weight excluding hydrogens is 303 g/mol. The van der Waals surface area contributed by atoms with E-state index < -0.39 is 0 Å². The second kappa shape index (κ2) is 5.84. The number of hydrogen-bond acceptors (Lipinski definition) is 2. The summed E-state index contributed by atoms with van der Waals surface area (Å²) in [5.74, 6) is 0. The Hall–Kier alpha value is -0.100. The van der Waals surface area contributed by atoms with Gasteiger partial charge in [0, 0.05) is 12.2 Å². The molecule has 1 aromatic rings. The molecule has 0 aromatic carbocycles. The van der Waals surface area contributed by atoms with Gasteiger partial charge in [0.1, 0.15) is 5.69 Å². The highest BCUT2D eigenvalue weighted by atomic mass is 127. The van der Waals surface area contributed by atoms with E-state index in [2.05, 4.69) is 47.7 Å². The summed E-state index contributed by atoms with van der Waals surface area (Å²) in [5.41, 5.74) is 1.05. The maximum Gasteiger partial charge on any atom is 0.101 e. The molecule has 0 aliphatic heterocycles. The molecule has 86 valence electrons. The molecule has 0 amide bonds. The molecule has 0 spiro atoms. The van der Waals surface area contributed by atoms with Crippen molar-refractivity contribution in [3.05, 3.63) is 15.5 Å². The Morgan fingerprint density at radius 3 is 2.67 bits per heavy atom. The molecule has 0 fully saturated rings. The lowest BCUT2D eigenvalue weighted by molar-refractivity contribution is 0.0627. The first-order valence-corrected chi connectivity index (χ1v) is 6.47. The zero-order valence-corrected chi connectivity index (χ0v) is 12.0. The smallest absolute Gasteiger partial charge is 0.101 e. The molecule has 3 nitrogen and oxygen atoms in total. The first kappa shape index (κ1) is 13.0. The van der Waals surface area contributed by atoms with Crippen LogP contribution in [0.1, 0.15) is 45.9 Å². The molecule has 1 atom stereocenters. The molecule has 15 heavy (non-hydrogen) atoms. The summed E-state index contributed by atoms with van der Waals surface area (Å²) in [6.07, 6.45) is 3.45. The van der Waals surface area contributed by atoms with E-state index in [0.717, 1.165) is 12.1 Å². The highest BCUT2D eigenvalue weighted by Gasteiger charge is 2.10. The van der Waals surface area contributed by atoms with Crippen LogP contribution in [-0.4, -0.2) is 15.9 Å². The lowest BCUT2D eigenvalue weighted by atomic mass is 10.3. The van der Waals surface area contributed by atoms with Gasteiger partial charge in [-0.15, -0.1) is 0 Å². The Morgan fingerprint density at radius 2 is 2.13 bits per heavy atom. The fourth-order valence-electron chi connectivity index (χ4n) is 1.16. The average Bonchev–Trinajstić information content (AvgIpc) is 2.55. The van der Waals surface area contributed by atoms with E-state index in [0.29, 0.717) is 12.6 Å². The maximum atomic E-state index is 5.55. The van der Waals surface area contributed by atoms with E-state index in [1.807, 2.05) is 18.5 Å². The Morgan fingerprint density at radius 1 is 1.47 bits per heavy atom. The van der Waals surface area contributed by atoms with E-state index in [1.54, 1.807) is 0 Å². The summed E-state index contributed by atoms with van der Waals surface area (Å²) in [5, 5.41) is 4.54. The molecule has 0 aliphatic rings. The fourth-order valence-corrected chi connectivity index (χ4v) is 1.71. The first-order chi connectivity index (χ1) is 7.04. The van der Waals surface area contributed by atoms with Gasteiger partial charge in [-0.05, 0) is 49.8 Å². The van der Waals surface area contributed by atoms with Gasteiger partial charge in [-0.1, -0.05) is 6.92 Å². The monoisotopic (exact) mass is 322 g/mol. The second-order valence-electron chi connectivity index (χ2n) is 4.02. The molecule has 0 bridgehead atoms. The molecule has 0 radical (unpaired) electrons. The van der Waals surface area contributed by atoms with Gasteiger partial charge in [0.05, 0.1) is 16.3 Å². The Labute approximate surface area is 105 Å². The molecule has 4 heteroatoms. The third-order valence-corrected chi connectivity index (χ3v) is 3.25. The van der Waals surface area contributed by atoms with E-state index in [4.69, 9.17) is 4.74 Å². The van der Waals surface area contributed by atoms with Crippen LogP contribution in [0.25, 0.3) is 0 Å². The molecule has 0 aliphatic carbocycles. The van der Waals surface area contributed by atoms with Crippen molar-refractivity contribution in [1.29, 1.82) is 0 Å². The fraction of sp³-hybridized carbons (Fsp3) is 0.727. The van der Waals surface area contributed by atoms with Crippen molar-refractivity contribution in [3.63, 3.8) is 0 Å². The van der Waals surface area contributed by atoms with E-state index >= 15 is 0 Å². The topological polar surface area (TPSA) is 27.1 Å². The van der Waals surface area contributed by atoms with Gasteiger partial charge < -0.3 is 4.74 Å². The van der Waals surface area contributed by atoms with Crippen LogP contribution in [0.15, 0.2) is 6.20 Å². The molecule has 1 rings (SSSR count). The quantitative estimate of drug-likeness (QED) is 0.777. The van der Waals surface area contributed by atoms with Gasteiger partial charge in [0.15, 0.2) is 0 Å². The number of aromatic nitrogens is 2. The molecule has 0 saturated heterocycles. The van der Waals surface area contributed by atoms with Crippen molar-refractivity contribution in [1.82, 2.24) is 9.78 Å². The summed E-state index contributed by atoms with van der Waals surface area (Å²) in [7, 11) is 0. The predicted octanol–water partition coefficient (Wildman–Crippen LogP) is 3.38. The Bertz CT molecular complexity index is 310. The van der Waals surface area contributed by atoms with Gasteiger partial charge in [0.2, 0.25) is 0 Å². The van der Waals surface area contributed by atoms with Gasteiger partial charge in [-0.3, -0.25) is 4.68 Å². The maximum absolute atomic E-state index is 5.55. The van der Waals surface area contributed by atoms with Crippen LogP contribution in [0.3, 0.4) is 0 Å². The van der Waals surface area contributed by atoms with Crippen LogP contribution >= 0.6 is 22.6 Å². The Balaban J connectivity index is 2.68. The zero-order chi connectivity index (χ0) is 11.4. The van der Waals surface area contributed by atoms with Crippen molar-refractivity contribution in [2.24, 2.45) is 0 Å². The van der Waals surface area contributed by atoms with Crippen LogP contribution in [0.4, 0.5) is 0 Å². The third-order valence-electron chi connectivity index (χ3n) is 2.35. The van der Waals surface area contributed by atoms with Crippen LogP contribution < -0.4 is 0 Å². The standard InChI is InChI=1S/C11H19IN2O/c1-5-9(4)14-6-10(12)11(13-14)7-15-8(2)3/h6,8-9H,5,7H2,1-4H3/t9-/m0/s1. The van der Waals surface area contributed by atoms with Crippen molar-refractivity contribution < 1.29 is 4.74 Å². The summed E-state index contributed by atoms with van der Waals surface area (Å²) < 4.78 is 8.77. The molecule has 0 unspecified atom stereocenters.